The SMILES string of the molecule is Cc1ccccc1CNC(=O)[C@@H]1c2ccccc2CC(=O)N1CC1CC1. The number of fused-ring (bicyclic) bond motifs is 1. The van der Waals surface area contributed by atoms with Crippen LogP contribution in [0.3, 0.4) is 0 Å². The molecular formula is C22H24N2O2. The molecule has 4 nitrogen and oxygen atoms in total. The lowest BCUT2D eigenvalue weighted by Crippen LogP contribution is -2.48. The Morgan fingerprint density at radius 2 is 1.85 bits per heavy atom. The van der Waals surface area contributed by atoms with Crippen LogP contribution in [-0.4, -0.2) is 23.3 Å². The number of carbonyl (C=O) groups excluding carboxylic acids is 2. The van der Waals surface area contributed by atoms with E-state index in [2.05, 4.69) is 5.32 Å². The first-order valence-corrected chi connectivity index (χ1v) is 9.33. The summed E-state index contributed by atoms with van der Waals surface area (Å²) < 4.78 is 0. The van der Waals surface area contributed by atoms with Gasteiger partial charge in [0.2, 0.25) is 11.8 Å². The lowest BCUT2D eigenvalue weighted by Gasteiger charge is -2.36. The third kappa shape index (κ3) is 3.36. The van der Waals surface area contributed by atoms with Gasteiger partial charge < -0.3 is 10.2 Å². The van der Waals surface area contributed by atoms with Gasteiger partial charge in [-0.15, -0.1) is 0 Å². The zero-order chi connectivity index (χ0) is 18.1. The van der Waals surface area contributed by atoms with Crippen LogP contribution in [0.5, 0.6) is 0 Å². The summed E-state index contributed by atoms with van der Waals surface area (Å²) >= 11 is 0. The molecule has 0 saturated heterocycles. The molecule has 1 N–H and O–H groups in total. The number of aryl methyl sites for hydroxylation is 1. The molecule has 0 bridgehead atoms. The van der Waals surface area contributed by atoms with Gasteiger partial charge in [0.05, 0.1) is 6.42 Å². The Hall–Kier alpha value is -2.62. The summed E-state index contributed by atoms with van der Waals surface area (Å²) in [5.41, 5.74) is 4.20. The summed E-state index contributed by atoms with van der Waals surface area (Å²) in [6, 6.07) is 15.4. The Kier molecular flexibility index (Phi) is 4.49. The first-order valence-electron chi connectivity index (χ1n) is 9.33. The second kappa shape index (κ2) is 6.94. The first-order chi connectivity index (χ1) is 12.6. The van der Waals surface area contributed by atoms with Gasteiger partial charge in [-0.05, 0) is 47.9 Å². The Morgan fingerprint density at radius 1 is 1.12 bits per heavy atom. The van der Waals surface area contributed by atoms with Gasteiger partial charge in [-0.3, -0.25) is 9.59 Å². The molecule has 1 heterocycles. The van der Waals surface area contributed by atoms with E-state index in [-0.39, 0.29) is 11.8 Å². The number of hydrogen-bond acceptors (Lipinski definition) is 2. The Morgan fingerprint density at radius 3 is 2.62 bits per heavy atom. The third-order valence-corrected chi connectivity index (χ3v) is 5.44. The minimum absolute atomic E-state index is 0.0617. The molecule has 4 rings (SSSR count). The molecule has 2 amide bonds. The summed E-state index contributed by atoms with van der Waals surface area (Å²) in [5.74, 6) is 0.525. The van der Waals surface area contributed by atoms with Crippen molar-refractivity contribution in [3.8, 4) is 0 Å². The maximum absolute atomic E-state index is 13.1. The quantitative estimate of drug-likeness (QED) is 0.902. The van der Waals surface area contributed by atoms with E-state index in [1.165, 1.54) is 0 Å². The summed E-state index contributed by atoms with van der Waals surface area (Å²) in [4.78, 5) is 27.6. The highest BCUT2D eigenvalue weighted by atomic mass is 16.2. The molecule has 1 aliphatic heterocycles. The summed E-state index contributed by atoms with van der Waals surface area (Å²) in [6.07, 6.45) is 2.70. The molecule has 1 atom stereocenters. The fourth-order valence-corrected chi connectivity index (χ4v) is 3.69. The number of benzene rings is 2. The largest absolute Gasteiger partial charge is 0.350 e. The summed E-state index contributed by atoms with van der Waals surface area (Å²) in [5, 5.41) is 3.06. The minimum atomic E-state index is -0.517. The highest BCUT2D eigenvalue weighted by Gasteiger charge is 2.39. The van der Waals surface area contributed by atoms with Gasteiger partial charge in [-0.1, -0.05) is 48.5 Å². The van der Waals surface area contributed by atoms with Crippen LogP contribution in [0.2, 0.25) is 0 Å². The van der Waals surface area contributed by atoms with E-state index in [1.54, 1.807) is 4.90 Å². The molecule has 2 aromatic carbocycles. The van der Waals surface area contributed by atoms with Crippen molar-refractivity contribution in [3.63, 3.8) is 0 Å². The van der Waals surface area contributed by atoms with E-state index in [4.69, 9.17) is 0 Å². The van der Waals surface area contributed by atoms with Crippen LogP contribution in [0.15, 0.2) is 48.5 Å². The van der Waals surface area contributed by atoms with Crippen LogP contribution in [0, 0.1) is 12.8 Å². The molecule has 1 aliphatic carbocycles. The molecule has 0 aromatic heterocycles. The third-order valence-electron chi connectivity index (χ3n) is 5.44. The van der Waals surface area contributed by atoms with E-state index in [0.29, 0.717) is 25.4 Å². The topological polar surface area (TPSA) is 49.4 Å². The van der Waals surface area contributed by atoms with Crippen molar-refractivity contribution >= 4 is 11.8 Å². The normalized spacial score (nSPS) is 19.2. The van der Waals surface area contributed by atoms with Crippen LogP contribution >= 0.6 is 0 Å². The van der Waals surface area contributed by atoms with Gasteiger partial charge in [0, 0.05) is 13.1 Å². The van der Waals surface area contributed by atoms with Gasteiger partial charge in [-0.2, -0.15) is 0 Å². The molecule has 0 spiro atoms. The maximum atomic E-state index is 13.1. The highest BCUT2D eigenvalue weighted by molar-refractivity contribution is 5.92. The van der Waals surface area contributed by atoms with E-state index < -0.39 is 6.04 Å². The van der Waals surface area contributed by atoms with Gasteiger partial charge in [0.25, 0.3) is 0 Å². The number of amides is 2. The Bertz CT molecular complexity index is 842. The van der Waals surface area contributed by atoms with Gasteiger partial charge in [-0.25, -0.2) is 0 Å². The van der Waals surface area contributed by atoms with Crippen molar-refractivity contribution < 1.29 is 9.59 Å². The van der Waals surface area contributed by atoms with E-state index in [0.717, 1.165) is 35.1 Å². The molecular weight excluding hydrogens is 324 g/mol. The molecule has 26 heavy (non-hydrogen) atoms. The first kappa shape index (κ1) is 16.8. The second-order valence-electron chi connectivity index (χ2n) is 7.41. The lowest BCUT2D eigenvalue weighted by atomic mass is 9.91. The molecule has 4 heteroatoms. The maximum Gasteiger partial charge on any atom is 0.247 e. The summed E-state index contributed by atoms with van der Waals surface area (Å²) in [6.45, 7) is 3.21. The average Bonchev–Trinajstić information content (AvgIpc) is 3.45. The zero-order valence-corrected chi connectivity index (χ0v) is 15.1. The summed E-state index contributed by atoms with van der Waals surface area (Å²) in [7, 11) is 0. The zero-order valence-electron chi connectivity index (χ0n) is 15.1. The van der Waals surface area contributed by atoms with E-state index >= 15 is 0 Å². The van der Waals surface area contributed by atoms with Crippen LogP contribution in [0.25, 0.3) is 0 Å². The van der Waals surface area contributed by atoms with Crippen molar-refractivity contribution in [2.24, 2.45) is 5.92 Å². The average molecular weight is 348 g/mol. The number of rotatable bonds is 5. The second-order valence-corrected chi connectivity index (χ2v) is 7.41. The van der Waals surface area contributed by atoms with Gasteiger partial charge in [0.1, 0.15) is 6.04 Å². The van der Waals surface area contributed by atoms with E-state index in [1.807, 2.05) is 55.5 Å². The number of carbonyl (C=O) groups is 2. The van der Waals surface area contributed by atoms with Crippen LogP contribution in [0.1, 0.15) is 41.1 Å². The van der Waals surface area contributed by atoms with Crippen LogP contribution < -0.4 is 5.32 Å². The van der Waals surface area contributed by atoms with Crippen LogP contribution in [0.4, 0.5) is 0 Å². The smallest absolute Gasteiger partial charge is 0.247 e. The molecule has 134 valence electrons. The highest BCUT2D eigenvalue weighted by Crippen LogP contribution is 2.36. The van der Waals surface area contributed by atoms with Crippen LogP contribution in [-0.2, 0) is 22.6 Å². The van der Waals surface area contributed by atoms with Crippen molar-refractivity contribution in [1.82, 2.24) is 10.2 Å². The molecule has 2 aromatic rings. The predicted octanol–water partition coefficient (Wildman–Crippen LogP) is 3.15. The molecule has 1 fully saturated rings. The predicted molar refractivity (Wildman–Crippen MR) is 100 cm³/mol. The van der Waals surface area contributed by atoms with Crippen molar-refractivity contribution in [3.05, 3.63) is 70.8 Å². The Labute approximate surface area is 154 Å². The fourth-order valence-electron chi connectivity index (χ4n) is 3.69. The number of nitrogens with zero attached hydrogens (tertiary/aromatic N) is 1. The van der Waals surface area contributed by atoms with Crippen molar-refractivity contribution in [2.45, 2.75) is 38.8 Å². The Balaban J connectivity index is 1.58. The minimum Gasteiger partial charge on any atom is -0.350 e. The molecule has 2 aliphatic rings. The fraction of sp³-hybridized carbons (Fsp3) is 0.364. The monoisotopic (exact) mass is 348 g/mol. The van der Waals surface area contributed by atoms with Crippen molar-refractivity contribution in [1.29, 1.82) is 0 Å². The molecule has 0 radical (unpaired) electrons. The standard InChI is InChI=1S/C22H24N2O2/c1-15-6-2-3-8-18(15)13-23-22(26)21-19-9-5-4-7-17(19)12-20(25)24(21)14-16-10-11-16/h2-9,16,21H,10-14H2,1H3,(H,23,26)/t21-/m0/s1. The molecule has 0 unspecified atom stereocenters. The van der Waals surface area contributed by atoms with E-state index in [9.17, 15) is 9.59 Å². The van der Waals surface area contributed by atoms with Crippen molar-refractivity contribution in [2.75, 3.05) is 6.54 Å². The molecule has 1 saturated carbocycles. The van der Waals surface area contributed by atoms with Gasteiger partial charge >= 0.3 is 0 Å². The lowest BCUT2D eigenvalue weighted by molar-refractivity contribution is -0.142. The van der Waals surface area contributed by atoms with Gasteiger partial charge in [0.15, 0.2) is 0 Å². The number of hydrogen-bond donors (Lipinski definition) is 1. The number of nitrogens with one attached hydrogen (secondary N) is 1.